The lowest BCUT2D eigenvalue weighted by atomic mass is 9.84. The molecule has 3 rings (SSSR count). The van der Waals surface area contributed by atoms with E-state index < -0.39 is 5.60 Å². The van der Waals surface area contributed by atoms with Gasteiger partial charge in [0.1, 0.15) is 5.60 Å². The number of nitrogens with one attached hydrogen (secondary N) is 1. The summed E-state index contributed by atoms with van der Waals surface area (Å²) in [4.78, 5) is 27.4. The maximum Gasteiger partial charge on any atom is 0.410 e. The first kappa shape index (κ1) is 22.4. The molecule has 1 aromatic rings. The van der Waals surface area contributed by atoms with Crippen LogP contribution in [0.15, 0.2) is 24.3 Å². The first-order valence-electron chi connectivity index (χ1n) is 11.3. The molecular formula is C24H36N2O4. The lowest BCUT2D eigenvalue weighted by Gasteiger charge is -2.40. The summed E-state index contributed by atoms with van der Waals surface area (Å²) in [7, 11) is 0. The number of carbonyl (C=O) groups excluding carboxylic acids is 2. The third-order valence-electron chi connectivity index (χ3n) is 5.83. The molecule has 0 unspecified atom stereocenters. The molecule has 0 radical (unpaired) electrons. The van der Waals surface area contributed by atoms with Crippen molar-refractivity contribution in [3.05, 3.63) is 29.8 Å². The maximum atomic E-state index is 13.0. The second-order valence-corrected chi connectivity index (χ2v) is 9.37. The zero-order valence-corrected chi connectivity index (χ0v) is 18.8. The van der Waals surface area contributed by atoms with Crippen LogP contribution < -0.4 is 5.32 Å². The van der Waals surface area contributed by atoms with Crippen molar-refractivity contribution in [3.8, 4) is 0 Å². The monoisotopic (exact) mass is 416 g/mol. The molecule has 1 aliphatic carbocycles. The highest BCUT2D eigenvalue weighted by molar-refractivity contribution is 5.76. The van der Waals surface area contributed by atoms with Crippen LogP contribution >= 0.6 is 0 Å². The smallest absolute Gasteiger partial charge is 0.410 e. The minimum atomic E-state index is -0.590. The highest BCUT2D eigenvalue weighted by atomic mass is 16.6. The van der Waals surface area contributed by atoms with E-state index in [2.05, 4.69) is 17.4 Å². The van der Waals surface area contributed by atoms with E-state index in [1.54, 1.807) is 4.90 Å². The third-order valence-corrected chi connectivity index (χ3v) is 5.83. The normalized spacial score (nSPS) is 22.6. The van der Waals surface area contributed by atoms with Crippen molar-refractivity contribution in [2.24, 2.45) is 5.92 Å². The maximum absolute atomic E-state index is 13.0. The molecule has 6 heteroatoms. The quantitative estimate of drug-likeness (QED) is 0.660. The predicted molar refractivity (Wildman–Crippen MR) is 117 cm³/mol. The van der Waals surface area contributed by atoms with E-state index in [-0.39, 0.29) is 24.0 Å². The molecule has 1 amide bonds. The van der Waals surface area contributed by atoms with E-state index >= 15 is 0 Å². The van der Waals surface area contributed by atoms with Crippen molar-refractivity contribution < 1.29 is 19.1 Å². The van der Waals surface area contributed by atoms with Gasteiger partial charge in [0.25, 0.3) is 0 Å². The zero-order valence-electron chi connectivity index (χ0n) is 18.8. The lowest BCUT2D eigenvalue weighted by Crippen LogP contribution is -2.47. The Balaban J connectivity index is 1.84. The van der Waals surface area contributed by atoms with Crippen LogP contribution in [-0.2, 0) is 14.3 Å². The van der Waals surface area contributed by atoms with E-state index in [1.165, 1.54) is 25.7 Å². The summed E-state index contributed by atoms with van der Waals surface area (Å²) < 4.78 is 11.0. The molecule has 2 aliphatic rings. The van der Waals surface area contributed by atoms with Crippen LogP contribution in [0.1, 0.15) is 77.8 Å². The van der Waals surface area contributed by atoms with E-state index in [9.17, 15) is 9.59 Å². The van der Waals surface area contributed by atoms with Gasteiger partial charge in [0, 0.05) is 18.3 Å². The molecular weight excluding hydrogens is 380 g/mol. The van der Waals surface area contributed by atoms with Crippen LogP contribution in [0.5, 0.6) is 0 Å². The average Bonchev–Trinajstić information content (AvgIpc) is 3.20. The molecule has 30 heavy (non-hydrogen) atoms. The van der Waals surface area contributed by atoms with Crippen molar-refractivity contribution in [1.82, 2.24) is 4.90 Å². The number of carbonyl (C=O) groups is 2. The summed E-state index contributed by atoms with van der Waals surface area (Å²) in [5, 5.41) is 3.59. The average molecular weight is 417 g/mol. The number of rotatable bonds is 5. The Bertz CT molecular complexity index is 720. The summed E-state index contributed by atoms with van der Waals surface area (Å²) in [5.41, 5.74) is 1.43. The van der Waals surface area contributed by atoms with E-state index in [4.69, 9.17) is 9.47 Å². The van der Waals surface area contributed by atoms with Crippen LogP contribution in [0, 0.1) is 5.92 Å². The number of benzene rings is 1. The third kappa shape index (κ3) is 5.67. The van der Waals surface area contributed by atoms with E-state index in [0.29, 0.717) is 25.6 Å². The van der Waals surface area contributed by atoms with Crippen molar-refractivity contribution in [3.63, 3.8) is 0 Å². The van der Waals surface area contributed by atoms with Gasteiger partial charge in [0.15, 0.2) is 0 Å². The van der Waals surface area contributed by atoms with Gasteiger partial charge in [-0.05, 0) is 71.1 Å². The largest absolute Gasteiger partial charge is 0.466 e. The number of amides is 1. The number of ether oxygens (including phenoxy) is 2. The van der Waals surface area contributed by atoms with Gasteiger partial charge in [-0.3, -0.25) is 4.79 Å². The fraction of sp³-hybridized carbons (Fsp3) is 0.667. The molecule has 1 aliphatic heterocycles. The highest BCUT2D eigenvalue weighted by Gasteiger charge is 2.41. The molecule has 0 aromatic heterocycles. The van der Waals surface area contributed by atoms with Crippen LogP contribution in [0.3, 0.4) is 0 Å². The van der Waals surface area contributed by atoms with Crippen molar-refractivity contribution in [2.75, 3.05) is 18.5 Å². The van der Waals surface area contributed by atoms with E-state index in [0.717, 1.165) is 17.7 Å². The molecule has 1 N–H and O–H groups in total. The number of hydrogen-bond acceptors (Lipinski definition) is 5. The second-order valence-electron chi connectivity index (χ2n) is 9.37. The van der Waals surface area contributed by atoms with Crippen LogP contribution in [0.4, 0.5) is 10.5 Å². The number of hydrogen-bond donors (Lipinski definition) is 1. The molecule has 6 nitrogen and oxygen atoms in total. The Kier molecular flexibility index (Phi) is 7.27. The minimum absolute atomic E-state index is 0.246. The van der Waals surface area contributed by atoms with Gasteiger partial charge in [0.2, 0.25) is 0 Å². The molecule has 2 atom stereocenters. The first-order valence-corrected chi connectivity index (χ1v) is 11.3. The standard InChI is InChI=1S/C24H36N2O4/c1-5-29-22(27)20-11-8-16-26(23(28)30-24(2,3)4)21(20)17-12-14-19(15-13-17)25-18-9-6-7-10-18/h12-15,18,20-21,25H,5-11,16H2,1-4H3/t20-,21-/m0/s1. The molecule has 0 bridgehead atoms. The molecule has 1 saturated heterocycles. The summed E-state index contributed by atoms with van der Waals surface area (Å²) in [6.07, 6.45) is 6.05. The number of anilines is 1. The Morgan fingerprint density at radius 2 is 1.73 bits per heavy atom. The van der Waals surface area contributed by atoms with Gasteiger partial charge in [-0.25, -0.2) is 4.79 Å². The summed E-state index contributed by atoms with van der Waals surface area (Å²) in [6.45, 7) is 8.28. The van der Waals surface area contributed by atoms with Gasteiger partial charge in [0.05, 0.1) is 18.6 Å². The summed E-state index contributed by atoms with van der Waals surface area (Å²) >= 11 is 0. The topological polar surface area (TPSA) is 67.9 Å². The fourth-order valence-corrected chi connectivity index (χ4v) is 4.51. The summed E-state index contributed by atoms with van der Waals surface area (Å²) in [6, 6.07) is 8.31. The SMILES string of the molecule is CCOC(=O)[C@H]1CCCN(C(=O)OC(C)(C)C)[C@H]1c1ccc(NC2CCCC2)cc1. The van der Waals surface area contributed by atoms with Crippen molar-refractivity contribution in [2.45, 2.75) is 83.9 Å². The van der Waals surface area contributed by atoms with Gasteiger partial charge < -0.3 is 19.7 Å². The van der Waals surface area contributed by atoms with Crippen LogP contribution in [-0.4, -0.2) is 41.8 Å². The number of likely N-dealkylation sites (tertiary alicyclic amines) is 1. The molecule has 1 heterocycles. The second kappa shape index (κ2) is 9.71. The van der Waals surface area contributed by atoms with Crippen LogP contribution in [0.2, 0.25) is 0 Å². The Labute approximate surface area is 180 Å². The number of nitrogens with zero attached hydrogens (tertiary/aromatic N) is 1. The number of esters is 1. The molecule has 166 valence electrons. The van der Waals surface area contributed by atoms with Crippen LogP contribution in [0.25, 0.3) is 0 Å². The molecule has 1 aromatic carbocycles. The Morgan fingerprint density at radius 1 is 1.07 bits per heavy atom. The lowest BCUT2D eigenvalue weighted by molar-refractivity contribution is -0.152. The first-order chi connectivity index (χ1) is 14.3. The zero-order chi connectivity index (χ0) is 21.7. The van der Waals surface area contributed by atoms with Crippen molar-refractivity contribution in [1.29, 1.82) is 0 Å². The minimum Gasteiger partial charge on any atom is -0.466 e. The Morgan fingerprint density at radius 3 is 2.33 bits per heavy atom. The fourth-order valence-electron chi connectivity index (χ4n) is 4.51. The van der Waals surface area contributed by atoms with Gasteiger partial charge in [-0.1, -0.05) is 25.0 Å². The van der Waals surface area contributed by atoms with Crippen molar-refractivity contribution >= 4 is 17.7 Å². The van der Waals surface area contributed by atoms with Gasteiger partial charge in [-0.2, -0.15) is 0 Å². The molecule has 0 spiro atoms. The molecule has 2 fully saturated rings. The van der Waals surface area contributed by atoms with Gasteiger partial charge >= 0.3 is 12.1 Å². The molecule has 1 saturated carbocycles. The Hall–Kier alpha value is -2.24. The van der Waals surface area contributed by atoms with Gasteiger partial charge in [-0.15, -0.1) is 0 Å². The summed E-state index contributed by atoms with van der Waals surface area (Å²) in [5.74, 6) is -0.635. The number of piperidine rings is 1. The highest BCUT2D eigenvalue weighted by Crippen LogP contribution is 2.38. The van der Waals surface area contributed by atoms with E-state index in [1.807, 2.05) is 39.8 Å². The predicted octanol–water partition coefficient (Wildman–Crippen LogP) is 5.29.